The Morgan fingerprint density at radius 1 is 0.938 bits per heavy atom. The molecule has 0 fully saturated rings. The first-order valence-electron chi connectivity index (χ1n) is 15.1. The molecular formula is C38H27ClN4O5. The highest BCUT2D eigenvalue weighted by Crippen LogP contribution is 2.35. The average molecular weight is 655 g/mol. The van der Waals surface area contributed by atoms with Crippen molar-refractivity contribution in [1.29, 1.82) is 5.26 Å². The fraction of sp³-hybridized carbons (Fsp3) is 0.105. The molecule has 2 amide bonds. The Labute approximate surface area is 281 Å². The number of imide groups is 1. The van der Waals surface area contributed by atoms with Crippen molar-refractivity contribution in [3.63, 3.8) is 0 Å². The summed E-state index contributed by atoms with van der Waals surface area (Å²) in [6.45, 7) is 1.94. The summed E-state index contributed by atoms with van der Waals surface area (Å²) in [6, 6.07) is 31.8. The van der Waals surface area contributed by atoms with Crippen LogP contribution in [-0.4, -0.2) is 33.3 Å². The topological polar surface area (TPSA) is 107 Å². The third-order valence-corrected chi connectivity index (χ3v) is 8.49. The maximum Gasteiger partial charge on any atom is 0.271 e. The molecule has 0 radical (unpaired) electrons. The number of nitriles is 1. The first kappa shape index (κ1) is 30.5. The van der Waals surface area contributed by atoms with Gasteiger partial charge in [-0.2, -0.15) is 10.4 Å². The van der Waals surface area contributed by atoms with E-state index < -0.39 is 11.8 Å². The summed E-state index contributed by atoms with van der Waals surface area (Å²) < 4.78 is 18.7. The van der Waals surface area contributed by atoms with Gasteiger partial charge < -0.3 is 14.2 Å². The number of hydrogen-bond acceptors (Lipinski definition) is 7. The van der Waals surface area contributed by atoms with E-state index in [1.807, 2.05) is 91.1 Å². The molecule has 3 heterocycles. The SMILES string of the molecule is CC1=C(C#N)C(=O)N(Cc2ccc3c(c2)OCO3)C(=O)/C1=C/c1cn(-c2ccccc2)nc1-c1cccc(OCc2ccccc2Cl)c1. The van der Waals surface area contributed by atoms with Gasteiger partial charge in [-0.15, -0.1) is 0 Å². The standard InChI is InChI=1S/C38H27ClN4O5/c1-24-31(37(44)42(38(45)32(24)19-40)20-25-14-15-34-35(16-25)48-23-47-34)18-28-21-43(29-10-3-2-4-11-29)41-36(28)26-9-7-12-30(17-26)46-22-27-8-5-6-13-33(27)39/h2-18,21H,20,22-23H2,1H3/b31-18+. The van der Waals surface area contributed by atoms with Crippen molar-refractivity contribution in [2.24, 2.45) is 0 Å². The van der Waals surface area contributed by atoms with Gasteiger partial charge in [0.2, 0.25) is 6.79 Å². The number of para-hydroxylation sites is 1. The molecule has 2 aliphatic heterocycles. The molecule has 1 aromatic heterocycles. The zero-order valence-electron chi connectivity index (χ0n) is 25.7. The summed E-state index contributed by atoms with van der Waals surface area (Å²) in [5.41, 5.74) is 4.66. The summed E-state index contributed by atoms with van der Waals surface area (Å²) in [4.78, 5) is 28.6. The van der Waals surface area contributed by atoms with Crippen LogP contribution < -0.4 is 14.2 Å². The van der Waals surface area contributed by atoms with Crippen molar-refractivity contribution >= 4 is 29.5 Å². The van der Waals surface area contributed by atoms with Crippen molar-refractivity contribution in [2.75, 3.05) is 6.79 Å². The van der Waals surface area contributed by atoms with Gasteiger partial charge in [0, 0.05) is 33.5 Å². The second-order valence-corrected chi connectivity index (χ2v) is 11.6. The molecular weight excluding hydrogens is 628 g/mol. The van der Waals surface area contributed by atoms with Crippen LogP contribution >= 0.6 is 11.6 Å². The molecule has 4 aromatic carbocycles. The van der Waals surface area contributed by atoms with E-state index in [1.54, 1.807) is 35.9 Å². The van der Waals surface area contributed by atoms with Crippen LogP contribution in [0.3, 0.4) is 0 Å². The summed E-state index contributed by atoms with van der Waals surface area (Å²) in [7, 11) is 0. The highest BCUT2D eigenvalue weighted by Gasteiger charge is 2.36. The van der Waals surface area contributed by atoms with Gasteiger partial charge in [-0.3, -0.25) is 14.5 Å². The Hall–Kier alpha value is -6.11. The zero-order valence-corrected chi connectivity index (χ0v) is 26.5. The molecule has 2 aliphatic rings. The number of carbonyl (C=O) groups excluding carboxylic acids is 2. The molecule has 9 nitrogen and oxygen atoms in total. The molecule has 0 aliphatic carbocycles. The lowest BCUT2D eigenvalue weighted by molar-refractivity contribution is -0.141. The monoisotopic (exact) mass is 654 g/mol. The fourth-order valence-corrected chi connectivity index (χ4v) is 5.78. The highest BCUT2D eigenvalue weighted by atomic mass is 35.5. The number of ether oxygens (including phenoxy) is 3. The van der Waals surface area contributed by atoms with Gasteiger partial charge in [-0.25, -0.2) is 4.68 Å². The minimum absolute atomic E-state index is 0.0505. The van der Waals surface area contributed by atoms with E-state index >= 15 is 0 Å². The third kappa shape index (κ3) is 5.93. The van der Waals surface area contributed by atoms with Crippen LogP contribution in [0, 0.1) is 11.3 Å². The predicted molar refractivity (Wildman–Crippen MR) is 179 cm³/mol. The number of carbonyl (C=O) groups is 2. The minimum atomic E-state index is -0.654. The quantitative estimate of drug-likeness (QED) is 0.128. The molecule has 0 saturated heterocycles. The molecule has 0 atom stereocenters. The second-order valence-electron chi connectivity index (χ2n) is 11.2. The minimum Gasteiger partial charge on any atom is -0.489 e. The van der Waals surface area contributed by atoms with Crippen LogP contribution in [0.1, 0.15) is 23.6 Å². The van der Waals surface area contributed by atoms with Gasteiger partial charge in [0.15, 0.2) is 11.5 Å². The number of hydrogen-bond donors (Lipinski definition) is 0. The van der Waals surface area contributed by atoms with Gasteiger partial charge in [0.1, 0.15) is 29.7 Å². The maximum atomic E-state index is 14.1. The second kappa shape index (κ2) is 12.9. The van der Waals surface area contributed by atoms with Crippen molar-refractivity contribution in [1.82, 2.24) is 14.7 Å². The van der Waals surface area contributed by atoms with Crippen LogP contribution in [-0.2, 0) is 22.7 Å². The molecule has 0 bridgehead atoms. The third-order valence-electron chi connectivity index (χ3n) is 8.13. The first-order valence-corrected chi connectivity index (χ1v) is 15.5. The summed E-state index contributed by atoms with van der Waals surface area (Å²) >= 11 is 6.34. The van der Waals surface area contributed by atoms with Crippen LogP contribution in [0.15, 0.2) is 120 Å². The van der Waals surface area contributed by atoms with Gasteiger partial charge in [0.25, 0.3) is 11.8 Å². The van der Waals surface area contributed by atoms with Gasteiger partial charge in [-0.1, -0.05) is 66.2 Å². The van der Waals surface area contributed by atoms with Gasteiger partial charge in [0.05, 0.1) is 12.2 Å². The fourth-order valence-electron chi connectivity index (χ4n) is 5.59. The van der Waals surface area contributed by atoms with E-state index in [9.17, 15) is 14.9 Å². The lowest BCUT2D eigenvalue weighted by Gasteiger charge is -2.27. The highest BCUT2D eigenvalue weighted by molar-refractivity contribution is 6.31. The number of halogens is 1. The number of benzene rings is 4. The van der Waals surface area contributed by atoms with Crippen LogP contribution in [0.25, 0.3) is 23.0 Å². The van der Waals surface area contributed by atoms with E-state index in [-0.39, 0.29) is 31.1 Å². The Bertz CT molecular complexity index is 2180. The van der Waals surface area contributed by atoms with E-state index in [0.717, 1.165) is 21.7 Å². The number of fused-ring (bicyclic) bond motifs is 1. The van der Waals surface area contributed by atoms with E-state index in [4.69, 9.17) is 30.9 Å². The Morgan fingerprint density at radius 2 is 1.73 bits per heavy atom. The molecule has 0 spiro atoms. The average Bonchev–Trinajstić information content (AvgIpc) is 3.76. The molecule has 7 rings (SSSR count). The van der Waals surface area contributed by atoms with Crippen molar-refractivity contribution in [2.45, 2.75) is 20.1 Å². The van der Waals surface area contributed by atoms with E-state index in [2.05, 4.69) is 0 Å². The lowest BCUT2D eigenvalue weighted by Crippen LogP contribution is -2.42. The van der Waals surface area contributed by atoms with Crippen LogP contribution in [0.2, 0.25) is 5.02 Å². The Morgan fingerprint density at radius 3 is 2.54 bits per heavy atom. The van der Waals surface area contributed by atoms with Crippen LogP contribution in [0.4, 0.5) is 0 Å². The molecule has 48 heavy (non-hydrogen) atoms. The zero-order chi connectivity index (χ0) is 33.2. The molecule has 236 valence electrons. The number of aromatic nitrogens is 2. The van der Waals surface area contributed by atoms with E-state index in [0.29, 0.717) is 44.7 Å². The number of rotatable bonds is 8. The maximum absolute atomic E-state index is 14.1. The van der Waals surface area contributed by atoms with Crippen molar-refractivity contribution in [3.8, 4) is 40.3 Å². The normalized spacial score (nSPS) is 14.9. The van der Waals surface area contributed by atoms with Gasteiger partial charge >= 0.3 is 0 Å². The first-order chi connectivity index (χ1) is 23.4. The predicted octanol–water partition coefficient (Wildman–Crippen LogP) is 7.29. The Kier molecular flexibility index (Phi) is 8.24. The van der Waals surface area contributed by atoms with Gasteiger partial charge in [-0.05, 0) is 66.6 Å². The molecule has 10 heteroatoms. The molecule has 0 N–H and O–H groups in total. The molecule has 0 saturated carbocycles. The van der Waals surface area contributed by atoms with E-state index in [1.165, 1.54) is 0 Å². The summed E-state index contributed by atoms with van der Waals surface area (Å²) in [6.07, 6.45) is 3.51. The summed E-state index contributed by atoms with van der Waals surface area (Å²) in [5, 5.41) is 15.5. The van der Waals surface area contributed by atoms with Crippen molar-refractivity contribution in [3.05, 3.63) is 142 Å². The summed E-state index contributed by atoms with van der Waals surface area (Å²) in [5.74, 6) is 0.550. The largest absolute Gasteiger partial charge is 0.489 e. The number of nitrogens with zero attached hydrogens (tertiary/aromatic N) is 4. The Balaban J connectivity index is 1.28. The van der Waals surface area contributed by atoms with Crippen LogP contribution in [0.5, 0.6) is 17.2 Å². The molecule has 0 unspecified atom stereocenters. The lowest BCUT2D eigenvalue weighted by atomic mass is 9.93. The number of amides is 2. The smallest absolute Gasteiger partial charge is 0.271 e. The molecule has 5 aromatic rings. The van der Waals surface area contributed by atoms with Crippen molar-refractivity contribution < 1.29 is 23.8 Å².